The highest BCUT2D eigenvalue weighted by Gasteiger charge is 2.34. The molecule has 20 heavy (non-hydrogen) atoms. The van der Waals surface area contributed by atoms with Crippen molar-refractivity contribution >= 4 is 33.7 Å². The molecule has 1 aromatic heterocycles. The highest BCUT2D eigenvalue weighted by Crippen LogP contribution is 2.23. The zero-order chi connectivity index (χ0) is 15.0. The van der Waals surface area contributed by atoms with Crippen molar-refractivity contribution in [2.75, 3.05) is 18.9 Å². The minimum absolute atomic E-state index is 0.210. The minimum Gasteiger partial charge on any atom is -0.465 e. The van der Waals surface area contributed by atoms with E-state index in [9.17, 15) is 4.79 Å². The first-order valence-electron chi connectivity index (χ1n) is 6.68. The van der Waals surface area contributed by atoms with Gasteiger partial charge in [0.1, 0.15) is 5.54 Å². The van der Waals surface area contributed by atoms with Gasteiger partial charge < -0.3 is 10.1 Å². The van der Waals surface area contributed by atoms with Crippen LogP contribution in [0.15, 0.2) is 27.8 Å². The van der Waals surface area contributed by atoms with Gasteiger partial charge in [-0.15, -0.1) is 11.8 Å². The molecule has 1 N–H and O–H groups in total. The summed E-state index contributed by atoms with van der Waals surface area (Å²) in [5.41, 5.74) is -0.689. The Morgan fingerprint density at radius 3 is 2.80 bits per heavy atom. The molecular weight excluding hydrogens is 340 g/mol. The fourth-order valence-electron chi connectivity index (χ4n) is 1.54. The lowest BCUT2D eigenvalue weighted by Crippen LogP contribution is -2.52. The molecule has 1 unspecified atom stereocenters. The molecule has 0 spiro atoms. The Morgan fingerprint density at radius 2 is 2.25 bits per heavy atom. The molecule has 0 aliphatic rings. The average molecular weight is 361 g/mol. The summed E-state index contributed by atoms with van der Waals surface area (Å²) < 4.78 is 6.11. The van der Waals surface area contributed by atoms with Crippen molar-refractivity contribution in [1.29, 1.82) is 0 Å². The number of nitrogens with zero attached hydrogens (tertiary/aromatic N) is 1. The van der Waals surface area contributed by atoms with E-state index in [0.717, 1.165) is 22.5 Å². The van der Waals surface area contributed by atoms with Gasteiger partial charge in [-0.05, 0) is 54.9 Å². The molecule has 0 saturated carbocycles. The molecule has 0 fully saturated rings. The lowest BCUT2D eigenvalue weighted by Gasteiger charge is -2.28. The van der Waals surface area contributed by atoms with Crippen LogP contribution in [0.3, 0.4) is 0 Å². The second kappa shape index (κ2) is 8.64. The van der Waals surface area contributed by atoms with Crippen LogP contribution < -0.4 is 5.32 Å². The Hall–Kier alpha value is -0.590. The monoisotopic (exact) mass is 360 g/mol. The van der Waals surface area contributed by atoms with Gasteiger partial charge in [-0.2, -0.15) is 0 Å². The van der Waals surface area contributed by atoms with Gasteiger partial charge in [-0.25, -0.2) is 4.98 Å². The molecule has 1 rings (SSSR count). The third-order valence-electron chi connectivity index (χ3n) is 2.70. The van der Waals surface area contributed by atoms with Gasteiger partial charge in [0.05, 0.1) is 11.6 Å². The number of ether oxygens (including phenoxy) is 1. The third kappa shape index (κ3) is 5.42. The second-order valence-corrected chi connectivity index (χ2v) is 6.49. The zero-order valence-electron chi connectivity index (χ0n) is 12.1. The number of carbonyl (C=O) groups is 1. The summed E-state index contributed by atoms with van der Waals surface area (Å²) >= 11 is 4.90. The van der Waals surface area contributed by atoms with E-state index in [2.05, 4.69) is 33.2 Å². The average Bonchev–Trinajstić information content (AvgIpc) is 2.45. The first-order chi connectivity index (χ1) is 9.51. The van der Waals surface area contributed by atoms with Crippen LogP contribution in [-0.2, 0) is 9.53 Å². The summed E-state index contributed by atoms with van der Waals surface area (Å²) in [7, 11) is 0. The lowest BCUT2D eigenvalue weighted by atomic mass is 10.1. The predicted octanol–water partition coefficient (Wildman–Crippen LogP) is 3.26. The first kappa shape index (κ1) is 17.5. The number of hydrogen-bond acceptors (Lipinski definition) is 5. The number of pyridine rings is 1. The quantitative estimate of drug-likeness (QED) is 0.569. The molecule has 0 saturated heterocycles. The molecule has 4 nitrogen and oxygen atoms in total. The van der Waals surface area contributed by atoms with Crippen LogP contribution in [0.2, 0.25) is 0 Å². The van der Waals surface area contributed by atoms with Crippen LogP contribution in [0, 0.1) is 0 Å². The third-order valence-corrected chi connectivity index (χ3v) is 4.43. The maximum absolute atomic E-state index is 12.1. The van der Waals surface area contributed by atoms with Crippen molar-refractivity contribution in [3.8, 4) is 0 Å². The molecule has 0 bridgehead atoms. The largest absolute Gasteiger partial charge is 0.465 e. The molecular formula is C14H21BrN2O2S. The molecule has 0 radical (unpaired) electrons. The summed E-state index contributed by atoms with van der Waals surface area (Å²) in [4.78, 5) is 16.4. The Kier molecular flexibility index (Phi) is 7.55. The lowest BCUT2D eigenvalue weighted by molar-refractivity contribution is -0.149. The van der Waals surface area contributed by atoms with Gasteiger partial charge in [0, 0.05) is 16.4 Å². The van der Waals surface area contributed by atoms with Gasteiger partial charge >= 0.3 is 5.97 Å². The molecule has 0 aromatic carbocycles. The molecule has 0 aliphatic carbocycles. The van der Waals surface area contributed by atoms with Gasteiger partial charge in [0.25, 0.3) is 0 Å². The molecule has 1 heterocycles. The SMILES string of the molecule is CCCNC(C)(CSc1ccc(Br)cn1)C(=O)OCC. The smallest absolute Gasteiger partial charge is 0.326 e. The van der Waals surface area contributed by atoms with Crippen LogP contribution in [-0.4, -0.2) is 35.4 Å². The summed E-state index contributed by atoms with van der Waals surface area (Å²) in [5.74, 6) is 0.374. The van der Waals surface area contributed by atoms with Gasteiger partial charge in [-0.1, -0.05) is 6.92 Å². The van der Waals surface area contributed by atoms with Crippen molar-refractivity contribution < 1.29 is 9.53 Å². The van der Waals surface area contributed by atoms with E-state index in [0.29, 0.717) is 12.4 Å². The van der Waals surface area contributed by atoms with Crippen LogP contribution in [0.25, 0.3) is 0 Å². The highest BCUT2D eigenvalue weighted by molar-refractivity contribution is 9.10. The van der Waals surface area contributed by atoms with Crippen molar-refractivity contribution in [1.82, 2.24) is 10.3 Å². The topological polar surface area (TPSA) is 51.2 Å². The van der Waals surface area contributed by atoms with E-state index in [4.69, 9.17) is 4.74 Å². The number of hydrogen-bond donors (Lipinski definition) is 1. The number of halogens is 1. The Balaban J connectivity index is 2.68. The van der Waals surface area contributed by atoms with E-state index in [1.54, 1.807) is 18.0 Å². The van der Waals surface area contributed by atoms with E-state index in [1.807, 2.05) is 26.0 Å². The van der Waals surface area contributed by atoms with Crippen LogP contribution in [0.4, 0.5) is 0 Å². The number of thioether (sulfide) groups is 1. The van der Waals surface area contributed by atoms with Crippen LogP contribution in [0.1, 0.15) is 27.2 Å². The number of nitrogens with one attached hydrogen (secondary N) is 1. The standard InChI is InChI=1S/C14H21BrN2O2S/c1-4-8-17-14(3,13(18)19-5-2)10-20-12-7-6-11(15)9-16-12/h6-7,9,17H,4-5,8,10H2,1-3H3. The van der Waals surface area contributed by atoms with Crippen LogP contribution in [0.5, 0.6) is 0 Å². The van der Waals surface area contributed by atoms with Crippen molar-refractivity contribution in [2.45, 2.75) is 37.8 Å². The molecule has 1 aromatic rings. The summed E-state index contributed by atoms with van der Waals surface area (Å²) in [5, 5.41) is 4.17. The second-order valence-electron chi connectivity index (χ2n) is 4.58. The number of rotatable bonds is 8. The number of aromatic nitrogens is 1. The Morgan fingerprint density at radius 1 is 1.50 bits per heavy atom. The first-order valence-corrected chi connectivity index (χ1v) is 8.46. The van der Waals surface area contributed by atoms with E-state index >= 15 is 0 Å². The zero-order valence-corrected chi connectivity index (χ0v) is 14.5. The van der Waals surface area contributed by atoms with Gasteiger partial charge in [-0.3, -0.25) is 4.79 Å². The fraction of sp³-hybridized carbons (Fsp3) is 0.571. The molecule has 0 amide bonds. The van der Waals surface area contributed by atoms with E-state index in [-0.39, 0.29) is 5.97 Å². The molecule has 6 heteroatoms. The summed E-state index contributed by atoms with van der Waals surface area (Å²) in [6.45, 7) is 6.95. The van der Waals surface area contributed by atoms with Gasteiger partial charge in [0.2, 0.25) is 0 Å². The Labute approximate surface area is 133 Å². The van der Waals surface area contributed by atoms with E-state index in [1.165, 1.54) is 0 Å². The number of esters is 1. The normalized spacial score (nSPS) is 13.8. The number of carbonyl (C=O) groups excluding carboxylic acids is 1. The minimum atomic E-state index is -0.689. The van der Waals surface area contributed by atoms with Crippen LogP contribution >= 0.6 is 27.7 Å². The maximum atomic E-state index is 12.1. The maximum Gasteiger partial charge on any atom is 0.326 e. The van der Waals surface area contributed by atoms with E-state index < -0.39 is 5.54 Å². The van der Waals surface area contributed by atoms with Crippen molar-refractivity contribution in [3.63, 3.8) is 0 Å². The van der Waals surface area contributed by atoms with Gasteiger partial charge in [0.15, 0.2) is 0 Å². The van der Waals surface area contributed by atoms with Crippen molar-refractivity contribution in [3.05, 3.63) is 22.8 Å². The Bertz CT molecular complexity index is 428. The molecule has 112 valence electrons. The molecule has 0 aliphatic heterocycles. The highest BCUT2D eigenvalue weighted by atomic mass is 79.9. The summed E-state index contributed by atoms with van der Waals surface area (Å²) in [6, 6.07) is 3.87. The summed E-state index contributed by atoms with van der Waals surface area (Å²) in [6.07, 6.45) is 2.72. The predicted molar refractivity (Wildman–Crippen MR) is 86.0 cm³/mol. The van der Waals surface area contributed by atoms with Crippen molar-refractivity contribution in [2.24, 2.45) is 0 Å². The fourth-order valence-corrected chi connectivity index (χ4v) is 2.72. The molecule has 1 atom stereocenters.